The van der Waals surface area contributed by atoms with Gasteiger partial charge in [-0.05, 0) is 44.0 Å². The van der Waals surface area contributed by atoms with Crippen molar-refractivity contribution in [3.05, 3.63) is 64.1 Å². The molecule has 1 aliphatic heterocycles. The highest BCUT2D eigenvalue weighted by Crippen LogP contribution is 2.20. The molecule has 0 radical (unpaired) electrons. The second-order valence-corrected chi connectivity index (χ2v) is 6.53. The fourth-order valence-electron chi connectivity index (χ4n) is 3.17. The highest BCUT2D eigenvalue weighted by atomic mass is 16.3. The number of benzene rings is 1. The molecule has 1 saturated heterocycles. The minimum Gasteiger partial charge on any atom is -0.451 e. The van der Waals surface area contributed by atoms with Crippen LogP contribution in [0.15, 0.2) is 51.8 Å². The van der Waals surface area contributed by atoms with Crippen molar-refractivity contribution in [1.29, 1.82) is 0 Å². The third-order valence-corrected chi connectivity index (χ3v) is 4.54. The SMILES string of the molecule is Cc1ccc2oc(C(=O)Nc3ccc(N4CCCC4)nc3)cc(=O)c2c1. The van der Waals surface area contributed by atoms with Gasteiger partial charge in [-0.3, -0.25) is 9.59 Å². The number of anilines is 2. The molecular weight excluding hydrogens is 330 g/mol. The van der Waals surface area contributed by atoms with Crippen molar-refractivity contribution in [3.63, 3.8) is 0 Å². The number of nitrogens with zero attached hydrogens (tertiary/aromatic N) is 2. The summed E-state index contributed by atoms with van der Waals surface area (Å²) in [5.41, 5.74) is 1.69. The Balaban J connectivity index is 1.55. The van der Waals surface area contributed by atoms with Crippen molar-refractivity contribution >= 4 is 28.4 Å². The molecular formula is C20H19N3O3. The van der Waals surface area contributed by atoms with Crippen LogP contribution in [0.25, 0.3) is 11.0 Å². The van der Waals surface area contributed by atoms with Crippen LogP contribution in [0.5, 0.6) is 0 Å². The second kappa shape index (κ2) is 6.63. The largest absolute Gasteiger partial charge is 0.451 e. The van der Waals surface area contributed by atoms with Gasteiger partial charge in [-0.2, -0.15) is 0 Å². The highest BCUT2D eigenvalue weighted by Gasteiger charge is 2.15. The van der Waals surface area contributed by atoms with Crippen LogP contribution in [0.2, 0.25) is 0 Å². The van der Waals surface area contributed by atoms with Crippen LogP contribution < -0.4 is 15.6 Å². The molecule has 3 aromatic rings. The predicted molar refractivity (Wildman–Crippen MR) is 101 cm³/mol. The topological polar surface area (TPSA) is 75.4 Å². The van der Waals surface area contributed by atoms with E-state index in [1.54, 1.807) is 24.4 Å². The summed E-state index contributed by atoms with van der Waals surface area (Å²) in [7, 11) is 0. The fraction of sp³-hybridized carbons (Fsp3) is 0.250. The van der Waals surface area contributed by atoms with Gasteiger partial charge in [-0.1, -0.05) is 11.6 Å². The van der Waals surface area contributed by atoms with Gasteiger partial charge in [0.1, 0.15) is 11.4 Å². The molecule has 2 aromatic heterocycles. The molecule has 4 rings (SSSR count). The molecule has 1 amide bonds. The normalized spacial score (nSPS) is 14.0. The lowest BCUT2D eigenvalue weighted by Crippen LogP contribution is -2.19. The first kappa shape index (κ1) is 16.3. The van der Waals surface area contributed by atoms with Crippen LogP contribution in [-0.4, -0.2) is 24.0 Å². The van der Waals surface area contributed by atoms with E-state index in [2.05, 4.69) is 15.2 Å². The van der Waals surface area contributed by atoms with E-state index in [4.69, 9.17) is 4.42 Å². The van der Waals surface area contributed by atoms with Crippen molar-refractivity contribution < 1.29 is 9.21 Å². The van der Waals surface area contributed by atoms with E-state index in [0.29, 0.717) is 16.7 Å². The summed E-state index contributed by atoms with van der Waals surface area (Å²) < 4.78 is 5.60. The van der Waals surface area contributed by atoms with Gasteiger partial charge in [0.15, 0.2) is 11.2 Å². The van der Waals surface area contributed by atoms with Crippen LogP contribution in [0, 0.1) is 6.92 Å². The van der Waals surface area contributed by atoms with Gasteiger partial charge in [-0.25, -0.2) is 4.98 Å². The lowest BCUT2D eigenvalue weighted by atomic mass is 10.1. The van der Waals surface area contributed by atoms with Crippen molar-refractivity contribution in [2.75, 3.05) is 23.3 Å². The minimum atomic E-state index is -0.472. The zero-order chi connectivity index (χ0) is 18.1. The molecule has 3 heterocycles. The lowest BCUT2D eigenvalue weighted by molar-refractivity contribution is 0.0997. The van der Waals surface area contributed by atoms with Crippen LogP contribution in [-0.2, 0) is 0 Å². The number of fused-ring (bicyclic) bond motifs is 1. The van der Waals surface area contributed by atoms with Crippen molar-refractivity contribution in [2.45, 2.75) is 19.8 Å². The Labute approximate surface area is 150 Å². The van der Waals surface area contributed by atoms with Crippen molar-refractivity contribution in [3.8, 4) is 0 Å². The average Bonchev–Trinajstić information content (AvgIpc) is 3.17. The van der Waals surface area contributed by atoms with E-state index in [-0.39, 0.29) is 11.2 Å². The van der Waals surface area contributed by atoms with Crippen LogP contribution in [0.4, 0.5) is 11.5 Å². The molecule has 1 aliphatic rings. The van der Waals surface area contributed by atoms with Crippen LogP contribution in [0.1, 0.15) is 29.0 Å². The standard InChI is InChI=1S/C20H19N3O3/c1-13-4-6-17-15(10-13)16(24)11-18(26-17)20(25)22-14-5-7-19(21-12-14)23-8-2-3-9-23/h4-7,10-12H,2-3,8-9H2,1H3,(H,22,25). The number of aryl methyl sites for hydroxylation is 1. The molecule has 6 nitrogen and oxygen atoms in total. The van der Waals surface area contributed by atoms with Gasteiger partial charge in [0, 0.05) is 19.2 Å². The quantitative estimate of drug-likeness (QED) is 0.785. The van der Waals surface area contributed by atoms with Crippen LogP contribution in [0.3, 0.4) is 0 Å². The molecule has 0 saturated carbocycles. The minimum absolute atomic E-state index is 0.0185. The molecule has 1 fully saturated rings. The van der Waals surface area contributed by atoms with E-state index >= 15 is 0 Å². The number of hydrogen-bond acceptors (Lipinski definition) is 5. The first-order valence-electron chi connectivity index (χ1n) is 8.67. The summed E-state index contributed by atoms with van der Waals surface area (Å²) in [6.07, 6.45) is 3.98. The smallest absolute Gasteiger partial charge is 0.291 e. The number of rotatable bonds is 3. The zero-order valence-electron chi connectivity index (χ0n) is 14.5. The Bertz CT molecular complexity index is 1020. The molecule has 132 valence electrons. The third kappa shape index (κ3) is 3.18. The first-order valence-corrected chi connectivity index (χ1v) is 8.67. The van der Waals surface area contributed by atoms with Gasteiger partial charge < -0.3 is 14.6 Å². The molecule has 0 bridgehead atoms. The number of carbonyl (C=O) groups excluding carboxylic acids is 1. The van der Waals surface area contributed by atoms with Crippen molar-refractivity contribution in [2.24, 2.45) is 0 Å². The summed E-state index contributed by atoms with van der Waals surface area (Å²) in [6, 6.07) is 10.2. The van der Waals surface area contributed by atoms with Gasteiger partial charge in [0.05, 0.1) is 17.3 Å². The molecule has 0 atom stereocenters. The summed E-state index contributed by atoms with van der Waals surface area (Å²) >= 11 is 0. The van der Waals surface area contributed by atoms with E-state index in [1.807, 2.05) is 19.1 Å². The second-order valence-electron chi connectivity index (χ2n) is 6.53. The number of aromatic nitrogens is 1. The maximum atomic E-state index is 12.4. The summed E-state index contributed by atoms with van der Waals surface area (Å²) in [6.45, 7) is 3.93. The van der Waals surface area contributed by atoms with E-state index in [9.17, 15) is 9.59 Å². The molecule has 1 aromatic carbocycles. The zero-order valence-corrected chi connectivity index (χ0v) is 14.5. The molecule has 1 N–H and O–H groups in total. The van der Waals surface area contributed by atoms with E-state index < -0.39 is 5.91 Å². The Hall–Kier alpha value is -3.15. The van der Waals surface area contributed by atoms with Gasteiger partial charge in [0.25, 0.3) is 5.91 Å². The average molecular weight is 349 g/mol. The molecule has 0 aliphatic carbocycles. The maximum absolute atomic E-state index is 12.4. The van der Waals surface area contributed by atoms with Gasteiger partial charge in [0.2, 0.25) is 0 Å². The maximum Gasteiger partial charge on any atom is 0.291 e. The Morgan fingerprint density at radius 2 is 1.96 bits per heavy atom. The number of carbonyl (C=O) groups is 1. The Kier molecular flexibility index (Phi) is 4.16. The summed E-state index contributed by atoms with van der Waals surface area (Å²) in [4.78, 5) is 31.3. The van der Waals surface area contributed by atoms with Crippen molar-refractivity contribution in [1.82, 2.24) is 4.98 Å². The number of amides is 1. The Morgan fingerprint density at radius 3 is 2.69 bits per heavy atom. The number of pyridine rings is 1. The molecule has 0 unspecified atom stereocenters. The Morgan fingerprint density at radius 1 is 1.15 bits per heavy atom. The first-order chi connectivity index (χ1) is 12.6. The predicted octanol–water partition coefficient (Wildman–Crippen LogP) is 3.35. The monoisotopic (exact) mass is 349 g/mol. The van der Waals surface area contributed by atoms with Gasteiger partial charge in [-0.15, -0.1) is 0 Å². The van der Waals surface area contributed by atoms with E-state index in [0.717, 1.165) is 24.5 Å². The van der Waals surface area contributed by atoms with Gasteiger partial charge >= 0.3 is 0 Å². The third-order valence-electron chi connectivity index (χ3n) is 4.54. The van der Waals surface area contributed by atoms with E-state index in [1.165, 1.54) is 18.9 Å². The van der Waals surface area contributed by atoms with Crippen LogP contribution >= 0.6 is 0 Å². The number of nitrogens with one attached hydrogen (secondary N) is 1. The molecule has 0 spiro atoms. The molecule has 6 heteroatoms. The lowest BCUT2D eigenvalue weighted by Gasteiger charge is -2.16. The summed E-state index contributed by atoms with van der Waals surface area (Å²) in [5, 5.41) is 3.20. The fourth-order valence-corrected chi connectivity index (χ4v) is 3.17. The summed E-state index contributed by atoms with van der Waals surface area (Å²) in [5.74, 6) is 0.420. The molecule has 26 heavy (non-hydrogen) atoms. The highest BCUT2D eigenvalue weighted by molar-refractivity contribution is 6.02. The number of hydrogen-bond donors (Lipinski definition) is 1.